The van der Waals surface area contributed by atoms with Crippen molar-refractivity contribution in [3.63, 3.8) is 0 Å². The molecule has 1 aromatic carbocycles. The Bertz CT molecular complexity index is 392. The summed E-state index contributed by atoms with van der Waals surface area (Å²) in [6.07, 6.45) is 6.74. The predicted molar refractivity (Wildman–Crippen MR) is 67.3 cm³/mol. The van der Waals surface area contributed by atoms with Crippen molar-refractivity contribution in [2.75, 3.05) is 13.2 Å². The van der Waals surface area contributed by atoms with E-state index >= 15 is 0 Å². The largest absolute Gasteiger partial charge is 0.491 e. The summed E-state index contributed by atoms with van der Waals surface area (Å²) in [5.74, 6) is 1.94. The molecule has 0 aromatic heterocycles. The number of ether oxygens (including phenoxy) is 1. The van der Waals surface area contributed by atoms with Crippen LogP contribution in [0.3, 0.4) is 0 Å². The van der Waals surface area contributed by atoms with Gasteiger partial charge in [0.1, 0.15) is 12.4 Å². The molecule has 0 atom stereocenters. The standard InChI is InChI=1S/C15H20O2/c16-9-10-17-14-4-2-1-3-13(14)15-7-5-12(11-15)6-8-15/h1-4,12,16H,5-11H2. The summed E-state index contributed by atoms with van der Waals surface area (Å²) in [6.45, 7) is 0.487. The third-order valence-corrected chi connectivity index (χ3v) is 4.55. The third-order valence-electron chi connectivity index (χ3n) is 4.55. The second-order valence-electron chi connectivity index (χ2n) is 5.50. The van der Waals surface area contributed by atoms with E-state index in [1.165, 1.54) is 37.7 Å². The molecule has 2 aliphatic carbocycles. The van der Waals surface area contributed by atoms with Gasteiger partial charge in [0.05, 0.1) is 6.61 Å². The first-order valence-electron chi connectivity index (χ1n) is 6.67. The zero-order chi connectivity index (χ0) is 11.7. The molecule has 2 heteroatoms. The van der Waals surface area contributed by atoms with Gasteiger partial charge in [0.15, 0.2) is 0 Å². The van der Waals surface area contributed by atoms with Crippen molar-refractivity contribution in [3.8, 4) is 5.75 Å². The highest BCUT2D eigenvalue weighted by molar-refractivity contribution is 5.41. The summed E-state index contributed by atoms with van der Waals surface area (Å²) in [7, 11) is 0. The van der Waals surface area contributed by atoms with Crippen LogP contribution in [0.15, 0.2) is 24.3 Å². The van der Waals surface area contributed by atoms with E-state index < -0.39 is 0 Å². The number of rotatable bonds is 4. The van der Waals surface area contributed by atoms with Gasteiger partial charge in [-0.3, -0.25) is 0 Å². The molecule has 0 spiro atoms. The summed E-state index contributed by atoms with van der Waals surface area (Å²) < 4.78 is 5.69. The van der Waals surface area contributed by atoms with Gasteiger partial charge in [-0.05, 0) is 49.5 Å². The summed E-state index contributed by atoms with van der Waals surface area (Å²) in [6, 6.07) is 8.40. The van der Waals surface area contributed by atoms with Crippen molar-refractivity contribution >= 4 is 0 Å². The number of para-hydroxylation sites is 1. The maximum absolute atomic E-state index is 8.89. The highest BCUT2D eigenvalue weighted by Crippen LogP contribution is 2.57. The van der Waals surface area contributed by atoms with Crippen molar-refractivity contribution in [2.45, 2.75) is 37.5 Å². The van der Waals surface area contributed by atoms with Crippen molar-refractivity contribution < 1.29 is 9.84 Å². The van der Waals surface area contributed by atoms with E-state index in [1.54, 1.807) is 0 Å². The Balaban J connectivity index is 1.91. The topological polar surface area (TPSA) is 29.5 Å². The van der Waals surface area contributed by atoms with Crippen molar-refractivity contribution in [3.05, 3.63) is 29.8 Å². The molecule has 2 bridgehead atoms. The van der Waals surface area contributed by atoms with E-state index in [0.29, 0.717) is 12.0 Å². The fourth-order valence-corrected chi connectivity index (χ4v) is 3.76. The van der Waals surface area contributed by atoms with Gasteiger partial charge in [-0.2, -0.15) is 0 Å². The van der Waals surface area contributed by atoms with E-state index in [1.807, 2.05) is 12.1 Å². The van der Waals surface area contributed by atoms with E-state index in [9.17, 15) is 0 Å². The maximum Gasteiger partial charge on any atom is 0.123 e. The summed E-state index contributed by atoms with van der Waals surface area (Å²) in [5.41, 5.74) is 1.77. The van der Waals surface area contributed by atoms with Crippen LogP contribution in [0.5, 0.6) is 5.75 Å². The van der Waals surface area contributed by atoms with E-state index in [2.05, 4.69) is 12.1 Å². The third kappa shape index (κ3) is 1.85. The van der Waals surface area contributed by atoms with Gasteiger partial charge >= 0.3 is 0 Å². The first-order valence-corrected chi connectivity index (χ1v) is 6.67. The first-order chi connectivity index (χ1) is 8.34. The lowest BCUT2D eigenvalue weighted by atomic mass is 9.77. The van der Waals surface area contributed by atoms with Gasteiger partial charge in [-0.15, -0.1) is 0 Å². The molecule has 1 N–H and O–H groups in total. The smallest absolute Gasteiger partial charge is 0.123 e. The molecule has 2 nitrogen and oxygen atoms in total. The molecule has 0 unspecified atom stereocenters. The van der Waals surface area contributed by atoms with Crippen LogP contribution in [-0.4, -0.2) is 18.3 Å². The van der Waals surface area contributed by atoms with Crippen LogP contribution in [0.4, 0.5) is 0 Å². The highest BCUT2D eigenvalue weighted by Gasteiger charge is 2.46. The number of benzene rings is 1. The van der Waals surface area contributed by atoms with Gasteiger partial charge < -0.3 is 9.84 Å². The molecule has 2 saturated carbocycles. The van der Waals surface area contributed by atoms with E-state index in [-0.39, 0.29) is 6.61 Å². The van der Waals surface area contributed by atoms with E-state index in [4.69, 9.17) is 9.84 Å². The van der Waals surface area contributed by atoms with Gasteiger partial charge in [-0.25, -0.2) is 0 Å². The molecular formula is C15H20O2. The number of fused-ring (bicyclic) bond motifs is 2. The Kier molecular flexibility index (Phi) is 2.83. The Labute approximate surface area is 103 Å². The summed E-state index contributed by atoms with van der Waals surface area (Å²) in [5, 5.41) is 8.89. The Morgan fingerprint density at radius 2 is 2.00 bits per heavy atom. The van der Waals surface area contributed by atoms with Crippen LogP contribution in [0.1, 0.15) is 37.7 Å². The molecule has 2 fully saturated rings. The van der Waals surface area contributed by atoms with Crippen LogP contribution in [0.2, 0.25) is 0 Å². The minimum Gasteiger partial charge on any atom is -0.491 e. The molecule has 0 saturated heterocycles. The number of hydrogen-bond donors (Lipinski definition) is 1. The molecule has 0 radical (unpaired) electrons. The second kappa shape index (κ2) is 4.34. The average molecular weight is 232 g/mol. The molecule has 2 aliphatic rings. The normalized spacial score (nSPS) is 30.8. The molecule has 0 heterocycles. The summed E-state index contributed by atoms with van der Waals surface area (Å²) >= 11 is 0. The lowest BCUT2D eigenvalue weighted by Gasteiger charge is -2.29. The zero-order valence-corrected chi connectivity index (χ0v) is 10.2. The molecule has 0 aliphatic heterocycles. The minimum atomic E-state index is 0.0873. The molecule has 0 amide bonds. The maximum atomic E-state index is 8.89. The van der Waals surface area contributed by atoms with Crippen molar-refractivity contribution in [1.82, 2.24) is 0 Å². The predicted octanol–water partition coefficient (Wildman–Crippen LogP) is 2.89. The van der Waals surface area contributed by atoms with Crippen LogP contribution >= 0.6 is 0 Å². The quantitative estimate of drug-likeness (QED) is 0.865. The Hall–Kier alpha value is -1.02. The fourth-order valence-electron chi connectivity index (χ4n) is 3.76. The van der Waals surface area contributed by atoms with Crippen LogP contribution in [-0.2, 0) is 5.41 Å². The first kappa shape index (κ1) is 11.1. The monoisotopic (exact) mass is 232 g/mol. The molecule has 1 aromatic rings. The van der Waals surface area contributed by atoms with Gasteiger partial charge in [0, 0.05) is 5.56 Å². The molecular weight excluding hydrogens is 212 g/mol. The minimum absolute atomic E-state index is 0.0873. The SMILES string of the molecule is OCCOc1ccccc1C12CCC(CC1)C2. The van der Waals surface area contributed by atoms with Gasteiger partial charge in [-0.1, -0.05) is 18.2 Å². The fraction of sp³-hybridized carbons (Fsp3) is 0.600. The highest BCUT2D eigenvalue weighted by atomic mass is 16.5. The zero-order valence-electron chi connectivity index (χ0n) is 10.2. The number of hydrogen-bond acceptors (Lipinski definition) is 2. The lowest BCUT2D eigenvalue weighted by molar-refractivity contribution is 0.198. The van der Waals surface area contributed by atoms with Crippen molar-refractivity contribution in [1.29, 1.82) is 0 Å². The molecule has 92 valence electrons. The molecule has 17 heavy (non-hydrogen) atoms. The summed E-state index contributed by atoms with van der Waals surface area (Å²) in [4.78, 5) is 0. The Morgan fingerprint density at radius 1 is 1.24 bits per heavy atom. The van der Waals surface area contributed by atoms with Crippen LogP contribution < -0.4 is 4.74 Å². The number of aliphatic hydroxyl groups excluding tert-OH is 1. The van der Waals surface area contributed by atoms with Gasteiger partial charge in [0.25, 0.3) is 0 Å². The lowest BCUT2D eigenvalue weighted by Crippen LogP contribution is -2.21. The second-order valence-corrected chi connectivity index (χ2v) is 5.50. The number of aliphatic hydroxyl groups is 1. The van der Waals surface area contributed by atoms with Crippen LogP contribution in [0.25, 0.3) is 0 Å². The van der Waals surface area contributed by atoms with Crippen LogP contribution in [0, 0.1) is 5.92 Å². The Morgan fingerprint density at radius 3 is 2.65 bits per heavy atom. The van der Waals surface area contributed by atoms with E-state index in [0.717, 1.165) is 11.7 Å². The molecule has 3 rings (SSSR count). The average Bonchev–Trinajstić information content (AvgIpc) is 2.98. The van der Waals surface area contributed by atoms with Gasteiger partial charge in [0.2, 0.25) is 0 Å². The van der Waals surface area contributed by atoms with Crippen molar-refractivity contribution in [2.24, 2.45) is 5.92 Å².